The van der Waals surface area contributed by atoms with Crippen LogP contribution in [0, 0.1) is 5.41 Å². The van der Waals surface area contributed by atoms with Gasteiger partial charge in [-0.1, -0.05) is 13.0 Å². The minimum Gasteiger partial charge on any atom is -0.481 e. The molecule has 3 rings (SSSR count). The van der Waals surface area contributed by atoms with Gasteiger partial charge in [-0.25, -0.2) is 4.98 Å². The molecule has 112 valence electrons. The fraction of sp³-hybridized carbons (Fsp3) is 0.500. The molecule has 1 fully saturated rings. The van der Waals surface area contributed by atoms with Crippen LogP contribution in [-0.2, 0) is 11.3 Å². The van der Waals surface area contributed by atoms with Crippen molar-refractivity contribution in [3.05, 3.63) is 36.3 Å². The van der Waals surface area contributed by atoms with Crippen LogP contribution >= 0.6 is 0 Å². The number of imidazole rings is 1. The van der Waals surface area contributed by atoms with Crippen molar-refractivity contribution in [2.24, 2.45) is 5.41 Å². The van der Waals surface area contributed by atoms with Gasteiger partial charge >= 0.3 is 5.97 Å². The van der Waals surface area contributed by atoms with E-state index < -0.39 is 11.4 Å². The molecule has 0 bridgehead atoms. The fourth-order valence-corrected chi connectivity index (χ4v) is 3.15. The Labute approximate surface area is 124 Å². The second kappa shape index (κ2) is 5.48. The largest absolute Gasteiger partial charge is 0.481 e. The van der Waals surface area contributed by atoms with Crippen LogP contribution in [0.3, 0.4) is 0 Å². The van der Waals surface area contributed by atoms with Crippen LogP contribution in [0.2, 0.25) is 0 Å². The molecule has 0 aliphatic carbocycles. The van der Waals surface area contributed by atoms with E-state index in [1.54, 1.807) is 0 Å². The fourth-order valence-electron chi connectivity index (χ4n) is 3.15. The monoisotopic (exact) mass is 287 g/mol. The number of piperidine rings is 1. The number of fused-ring (bicyclic) bond motifs is 1. The molecule has 1 saturated heterocycles. The van der Waals surface area contributed by atoms with E-state index in [1.165, 1.54) is 0 Å². The minimum atomic E-state index is -0.641. The Balaban J connectivity index is 1.66. The highest BCUT2D eigenvalue weighted by atomic mass is 16.4. The summed E-state index contributed by atoms with van der Waals surface area (Å²) >= 11 is 0. The summed E-state index contributed by atoms with van der Waals surface area (Å²) in [6.45, 7) is 4.43. The number of hydrogen-bond acceptors (Lipinski definition) is 3. The van der Waals surface area contributed by atoms with Crippen LogP contribution in [-0.4, -0.2) is 38.4 Å². The predicted octanol–water partition coefficient (Wildman–Crippen LogP) is 2.41. The van der Waals surface area contributed by atoms with E-state index in [0.717, 1.165) is 43.8 Å². The first-order valence-electron chi connectivity index (χ1n) is 7.51. The first-order chi connectivity index (χ1) is 10.1. The average Bonchev–Trinajstić information content (AvgIpc) is 2.90. The second-order valence-corrected chi connectivity index (χ2v) is 5.91. The van der Waals surface area contributed by atoms with E-state index in [-0.39, 0.29) is 0 Å². The summed E-state index contributed by atoms with van der Waals surface area (Å²) in [5.41, 5.74) is 1.48. The number of aliphatic carboxylic acids is 1. The molecule has 3 heterocycles. The van der Waals surface area contributed by atoms with E-state index in [4.69, 9.17) is 0 Å². The van der Waals surface area contributed by atoms with E-state index in [0.29, 0.717) is 6.42 Å². The second-order valence-electron chi connectivity index (χ2n) is 5.91. The third-order valence-electron chi connectivity index (χ3n) is 4.74. The maximum Gasteiger partial charge on any atom is 0.309 e. The molecule has 0 saturated carbocycles. The van der Waals surface area contributed by atoms with Crippen molar-refractivity contribution in [3.63, 3.8) is 0 Å². The topological polar surface area (TPSA) is 57.8 Å². The lowest BCUT2D eigenvalue weighted by molar-refractivity contribution is -0.152. The Kier molecular flexibility index (Phi) is 3.68. The molecule has 0 spiro atoms. The third-order valence-corrected chi connectivity index (χ3v) is 4.74. The van der Waals surface area contributed by atoms with Crippen LogP contribution in [0.4, 0.5) is 0 Å². The quantitative estimate of drug-likeness (QED) is 0.938. The number of pyridine rings is 1. The zero-order chi connectivity index (χ0) is 14.9. The molecule has 0 atom stereocenters. The Morgan fingerprint density at radius 2 is 2.14 bits per heavy atom. The van der Waals surface area contributed by atoms with Gasteiger partial charge in [-0.15, -0.1) is 0 Å². The molecule has 5 heteroatoms. The van der Waals surface area contributed by atoms with Gasteiger partial charge < -0.3 is 9.51 Å². The molecule has 1 aliphatic heterocycles. The number of rotatable bonds is 4. The van der Waals surface area contributed by atoms with Crippen molar-refractivity contribution >= 4 is 11.6 Å². The molecule has 0 amide bonds. The summed E-state index contributed by atoms with van der Waals surface area (Å²) in [7, 11) is 0. The van der Waals surface area contributed by atoms with Crippen LogP contribution in [0.1, 0.15) is 31.9 Å². The van der Waals surface area contributed by atoms with Gasteiger partial charge in [0, 0.05) is 18.9 Å². The summed E-state index contributed by atoms with van der Waals surface area (Å²) in [6, 6.07) is 5.96. The molecule has 21 heavy (non-hydrogen) atoms. The molecule has 1 aliphatic rings. The van der Waals surface area contributed by atoms with Gasteiger partial charge in [-0.2, -0.15) is 0 Å². The number of aromatic nitrogens is 2. The van der Waals surface area contributed by atoms with E-state index in [1.807, 2.05) is 41.9 Å². The Bertz CT molecular complexity index is 609. The first-order valence-corrected chi connectivity index (χ1v) is 7.51. The molecule has 2 aromatic heterocycles. The highest BCUT2D eigenvalue weighted by molar-refractivity contribution is 5.74. The zero-order valence-electron chi connectivity index (χ0n) is 12.3. The van der Waals surface area contributed by atoms with Gasteiger partial charge in [0.05, 0.1) is 11.1 Å². The number of likely N-dealkylation sites (tertiary alicyclic amines) is 1. The van der Waals surface area contributed by atoms with Crippen molar-refractivity contribution in [2.75, 3.05) is 13.1 Å². The standard InChI is InChI=1S/C16H21N3O2/c1-2-16(15(20)21)6-9-18(10-7-16)11-13-12-19-8-4-3-5-14(19)17-13/h3-5,8,12H,2,6-7,9-11H2,1H3,(H,20,21). The Morgan fingerprint density at radius 1 is 1.38 bits per heavy atom. The summed E-state index contributed by atoms with van der Waals surface area (Å²) in [6.07, 6.45) is 6.21. The lowest BCUT2D eigenvalue weighted by Crippen LogP contribution is -2.43. The van der Waals surface area contributed by atoms with Crippen molar-refractivity contribution in [1.82, 2.24) is 14.3 Å². The average molecular weight is 287 g/mol. The van der Waals surface area contributed by atoms with Crippen molar-refractivity contribution in [1.29, 1.82) is 0 Å². The number of carboxylic acids is 1. The van der Waals surface area contributed by atoms with Crippen LogP contribution in [0.15, 0.2) is 30.6 Å². The molecular weight excluding hydrogens is 266 g/mol. The molecular formula is C16H21N3O2. The number of carboxylic acid groups (broad SMARTS) is 1. The highest BCUT2D eigenvalue weighted by Crippen LogP contribution is 2.35. The van der Waals surface area contributed by atoms with Crippen molar-refractivity contribution < 1.29 is 9.90 Å². The van der Waals surface area contributed by atoms with Crippen molar-refractivity contribution in [3.8, 4) is 0 Å². The van der Waals surface area contributed by atoms with Gasteiger partial charge in [0.1, 0.15) is 5.65 Å². The predicted molar refractivity (Wildman–Crippen MR) is 80.1 cm³/mol. The Morgan fingerprint density at radius 3 is 2.76 bits per heavy atom. The molecule has 1 N–H and O–H groups in total. The molecule has 5 nitrogen and oxygen atoms in total. The molecule has 0 aromatic carbocycles. The SMILES string of the molecule is CCC1(C(=O)O)CCN(Cc2cn3ccccc3n2)CC1. The number of nitrogens with zero attached hydrogens (tertiary/aromatic N) is 3. The van der Waals surface area contributed by atoms with E-state index in [9.17, 15) is 9.90 Å². The number of hydrogen-bond donors (Lipinski definition) is 1. The first kappa shape index (κ1) is 14.1. The maximum absolute atomic E-state index is 11.5. The van der Waals surface area contributed by atoms with E-state index >= 15 is 0 Å². The third kappa shape index (κ3) is 2.65. The molecule has 0 radical (unpaired) electrons. The van der Waals surface area contributed by atoms with Crippen LogP contribution in [0.25, 0.3) is 5.65 Å². The van der Waals surface area contributed by atoms with E-state index in [2.05, 4.69) is 9.88 Å². The minimum absolute atomic E-state index is 0.518. The summed E-state index contributed by atoms with van der Waals surface area (Å²) in [4.78, 5) is 18.4. The molecule has 0 unspecified atom stereocenters. The summed E-state index contributed by atoms with van der Waals surface area (Å²) in [5, 5.41) is 9.43. The zero-order valence-corrected chi connectivity index (χ0v) is 12.3. The normalized spacial score (nSPS) is 18.9. The number of carbonyl (C=O) groups is 1. The maximum atomic E-state index is 11.5. The van der Waals surface area contributed by atoms with Crippen LogP contribution in [0.5, 0.6) is 0 Å². The van der Waals surface area contributed by atoms with Gasteiger partial charge in [-0.3, -0.25) is 9.69 Å². The lowest BCUT2D eigenvalue weighted by atomic mass is 9.76. The van der Waals surface area contributed by atoms with Gasteiger partial charge in [0.25, 0.3) is 0 Å². The van der Waals surface area contributed by atoms with Gasteiger partial charge in [0.15, 0.2) is 0 Å². The van der Waals surface area contributed by atoms with Crippen LogP contribution < -0.4 is 0 Å². The Hall–Kier alpha value is -1.88. The summed E-state index contributed by atoms with van der Waals surface area (Å²) < 4.78 is 2.02. The smallest absolute Gasteiger partial charge is 0.309 e. The highest BCUT2D eigenvalue weighted by Gasteiger charge is 2.39. The lowest BCUT2D eigenvalue weighted by Gasteiger charge is -2.38. The van der Waals surface area contributed by atoms with Gasteiger partial charge in [-0.05, 0) is 44.5 Å². The summed E-state index contributed by atoms with van der Waals surface area (Å²) in [5.74, 6) is -0.641. The van der Waals surface area contributed by atoms with Gasteiger partial charge in [0.2, 0.25) is 0 Å². The molecule has 2 aromatic rings. The van der Waals surface area contributed by atoms with Crippen molar-refractivity contribution in [2.45, 2.75) is 32.7 Å².